The summed E-state index contributed by atoms with van der Waals surface area (Å²) in [5.74, 6) is 1.70. The molecule has 1 fully saturated rings. The average Bonchev–Trinajstić information content (AvgIpc) is 2.73. The molecule has 2 atom stereocenters. The van der Waals surface area contributed by atoms with Gasteiger partial charge in [0.05, 0.1) is 0 Å². The van der Waals surface area contributed by atoms with Gasteiger partial charge in [-0.1, -0.05) is 31.5 Å². The van der Waals surface area contributed by atoms with Crippen LogP contribution in [0.2, 0.25) is 0 Å². The van der Waals surface area contributed by atoms with Gasteiger partial charge in [0.25, 0.3) is 0 Å². The second-order valence-electron chi connectivity index (χ2n) is 6.51. The highest BCUT2D eigenvalue weighted by Crippen LogP contribution is 2.32. The first kappa shape index (κ1) is 13.9. The summed E-state index contributed by atoms with van der Waals surface area (Å²) in [5, 5.41) is 3.54. The summed E-state index contributed by atoms with van der Waals surface area (Å²) in [5.41, 5.74) is 2.90. The van der Waals surface area contributed by atoms with E-state index in [0.29, 0.717) is 0 Å². The van der Waals surface area contributed by atoms with Gasteiger partial charge in [-0.3, -0.25) is 0 Å². The first-order valence-corrected chi connectivity index (χ1v) is 8.42. The Bertz CT molecular complexity index is 429. The molecule has 2 heterocycles. The fourth-order valence-corrected chi connectivity index (χ4v) is 3.87. The molecule has 1 saturated heterocycles. The maximum atomic E-state index is 3.54. The second-order valence-corrected chi connectivity index (χ2v) is 6.51. The van der Waals surface area contributed by atoms with Gasteiger partial charge in [0, 0.05) is 24.7 Å². The van der Waals surface area contributed by atoms with Gasteiger partial charge in [-0.05, 0) is 56.3 Å². The predicted molar refractivity (Wildman–Crippen MR) is 86.4 cm³/mol. The molecule has 0 saturated carbocycles. The van der Waals surface area contributed by atoms with Crippen molar-refractivity contribution in [3.63, 3.8) is 0 Å². The van der Waals surface area contributed by atoms with E-state index in [2.05, 4.69) is 41.4 Å². The van der Waals surface area contributed by atoms with Gasteiger partial charge in [-0.25, -0.2) is 0 Å². The molecule has 2 nitrogen and oxygen atoms in total. The summed E-state index contributed by atoms with van der Waals surface area (Å²) in [6.07, 6.45) is 6.89. The Hall–Kier alpha value is -1.02. The molecule has 110 valence electrons. The van der Waals surface area contributed by atoms with Crippen LogP contribution in [0.15, 0.2) is 24.3 Å². The van der Waals surface area contributed by atoms with Gasteiger partial charge in [0.15, 0.2) is 0 Å². The van der Waals surface area contributed by atoms with E-state index in [1.807, 2.05) is 0 Å². The maximum absolute atomic E-state index is 3.54. The monoisotopic (exact) mass is 272 g/mol. The van der Waals surface area contributed by atoms with Crippen LogP contribution in [0.5, 0.6) is 0 Å². The highest BCUT2D eigenvalue weighted by atomic mass is 15.1. The fourth-order valence-electron chi connectivity index (χ4n) is 3.87. The lowest BCUT2D eigenvalue weighted by Crippen LogP contribution is -2.32. The average molecular weight is 272 g/mol. The minimum atomic E-state index is 0.727. The first-order chi connectivity index (χ1) is 9.86. The molecule has 2 unspecified atom stereocenters. The van der Waals surface area contributed by atoms with Crippen molar-refractivity contribution < 1.29 is 0 Å². The summed E-state index contributed by atoms with van der Waals surface area (Å²) in [6.45, 7) is 7.36. The van der Waals surface area contributed by atoms with Gasteiger partial charge in [-0.15, -0.1) is 0 Å². The van der Waals surface area contributed by atoms with Gasteiger partial charge >= 0.3 is 0 Å². The highest BCUT2D eigenvalue weighted by molar-refractivity contribution is 5.54. The normalized spacial score (nSPS) is 27.4. The number of nitrogens with one attached hydrogen (secondary N) is 1. The summed E-state index contributed by atoms with van der Waals surface area (Å²) in [7, 11) is 0. The smallest absolute Gasteiger partial charge is 0.0376 e. The standard InChI is InChI=1S/C18H28N2/c1-2-15-6-5-12-20(13-10-15)14-16-9-11-19-18-8-4-3-7-17(16)18/h3-4,7-8,15-16,19H,2,5-6,9-14H2,1H3. The van der Waals surface area contributed by atoms with E-state index in [0.717, 1.165) is 18.4 Å². The number of hydrogen-bond donors (Lipinski definition) is 1. The molecule has 1 aromatic rings. The van der Waals surface area contributed by atoms with Crippen LogP contribution in [0.4, 0.5) is 5.69 Å². The van der Waals surface area contributed by atoms with E-state index < -0.39 is 0 Å². The van der Waals surface area contributed by atoms with Gasteiger partial charge in [-0.2, -0.15) is 0 Å². The van der Waals surface area contributed by atoms with Crippen LogP contribution in [-0.4, -0.2) is 31.1 Å². The van der Waals surface area contributed by atoms with Gasteiger partial charge in [0.1, 0.15) is 0 Å². The molecule has 0 spiro atoms. The van der Waals surface area contributed by atoms with Crippen molar-refractivity contribution in [2.45, 2.75) is 44.9 Å². The van der Waals surface area contributed by atoms with Crippen LogP contribution < -0.4 is 5.32 Å². The molecule has 0 bridgehead atoms. The molecule has 0 aromatic heterocycles. The highest BCUT2D eigenvalue weighted by Gasteiger charge is 2.23. The molecule has 3 rings (SSSR count). The summed E-state index contributed by atoms with van der Waals surface area (Å²) < 4.78 is 0. The van der Waals surface area contributed by atoms with Crippen molar-refractivity contribution in [3.05, 3.63) is 29.8 Å². The lowest BCUT2D eigenvalue weighted by atomic mass is 9.90. The molecule has 1 aromatic carbocycles. The first-order valence-electron chi connectivity index (χ1n) is 8.42. The zero-order valence-corrected chi connectivity index (χ0v) is 12.8. The number of benzene rings is 1. The largest absolute Gasteiger partial charge is 0.385 e. The Morgan fingerprint density at radius 3 is 2.95 bits per heavy atom. The molecule has 0 amide bonds. The van der Waals surface area contributed by atoms with Crippen LogP contribution in [0, 0.1) is 5.92 Å². The molecule has 2 heteroatoms. The van der Waals surface area contributed by atoms with Crippen molar-refractivity contribution in [1.29, 1.82) is 0 Å². The minimum Gasteiger partial charge on any atom is -0.385 e. The van der Waals surface area contributed by atoms with Crippen LogP contribution in [0.25, 0.3) is 0 Å². The lowest BCUT2D eigenvalue weighted by Gasteiger charge is -2.31. The molecule has 20 heavy (non-hydrogen) atoms. The fraction of sp³-hybridized carbons (Fsp3) is 0.667. The van der Waals surface area contributed by atoms with Crippen molar-refractivity contribution in [1.82, 2.24) is 4.90 Å². The number of likely N-dealkylation sites (tertiary alicyclic amines) is 1. The van der Waals surface area contributed by atoms with E-state index in [4.69, 9.17) is 0 Å². The third-order valence-electron chi connectivity index (χ3n) is 5.21. The topological polar surface area (TPSA) is 15.3 Å². The van der Waals surface area contributed by atoms with E-state index >= 15 is 0 Å². The van der Waals surface area contributed by atoms with E-state index in [9.17, 15) is 0 Å². The molecule has 2 aliphatic rings. The third kappa shape index (κ3) is 3.17. The zero-order chi connectivity index (χ0) is 13.8. The lowest BCUT2D eigenvalue weighted by molar-refractivity contribution is 0.258. The number of nitrogens with zero attached hydrogens (tertiary/aromatic N) is 1. The number of para-hydroxylation sites is 1. The number of anilines is 1. The van der Waals surface area contributed by atoms with Crippen LogP contribution >= 0.6 is 0 Å². The molecule has 0 radical (unpaired) electrons. The number of hydrogen-bond acceptors (Lipinski definition) is 2. The second kappa shape index (κ2) is 6.62. The molecular weight excluding hydrogens is 244 g/mol. The van der Waals surface area contributed by atoms with Crippen LogP contribution in [0.1, 0.15) is 50.5 Å². The Morgan fingerprint density at radius 1 is 1.15 bits per heavy atom. The van der Waals surface area contributed by atoms with E-state index in [-0.39, 0.29) is 0 Å². The number of fused-ring (bicyclic) bond motifs is 1. The number of rotatable bonds is 3. The molecular formula is C18H28N2. The predicted octanol–water partition coefficient (Wildman–Crippen LogP) is 4.10. The summed E-state index contributed by atoms with van der Waals surface area (Å²) >= 11 is 0. The minimum absolute atomic E-state index is 0.727. The van der Waals surface area contributed by atoms with Crippen molar-refractivity contribution in [2.75, 3.05) is 31.5 Å². The zero-order valence-electron chi connectivity index (χ0n) is 12.8. The van der Waals surface area contributed by atoms with E-state index in [1.165, 1.54) is 63.0 Å². The van der Waals surface area contributed by atoms with Crippen molar-refractivity contribution in [2.24, 2.45) is 5.92 Å². The SMILES string of the molecule is CCC1CCCN(CC2CCNc3ccccc32)CC1. The van der Waals surface area contributed by atoms with Crippen LogP contribution in [0.3, 0.4) is 0 Å². The molecule has 2 aliphatic heterocycles. The summed E-state index contributed by atoms with van der Waals surface area (Å²) in [4.78, 5) is 2.72. The third-order valence-corrected chi connectivity index (χ3v) is 5.21. The maximum Gasteiger partial charge on any atom is 0.0376 e. The Balaban J connectivity index is 1.64. The van der Waals surface area contributed by atoms with Crippen LogP contribution in [-0.2, 0) is 0 Å². The van der Waals surface area contributed by atoms with Gasteiger partial charge in [0.2, 0.25) is 0 Å². The molecule has 0 aliphatic carbocycles. The Labute approximate surface area is 123 Å². The quantitative estimate of drug-likeness (QED) is 0.891. The van der Waals surface area contributed by atoms with Crippen molar-refractivity contribution >= 4 is 5.69 Å². The summed E-state index contributed by atoms with van der Waals surface area (Å²) in [6, 6.07) is 8.89. The molecule has 1 N–H and O–H groups in total. The van der Waals surface area contributed by atoms with Crippen molar-refractivity contribution in [3.8, 4) is 0 Å². The van der Waals surface area contributed by atoms with Gasteiger partial charge < -0.3 is 10.2 Å². The Kier molecular flexibility index (Phi) is 4.62. The Morgan fingerprint density at radius 2 is 2.05 bits per heavy atom. The van der Waals surface area contributed by atoms with E-state index in [1.54, 1.807) is 0 Å².